The van der Waals surface area contributed by atoms with E-state index in [0.29, 0.717) is 18.3 Å². The van der Waals surface area contributed by atoms with Crippen LogP contribution in [0, 0.1) is 11.7 Å². The predicted molar refractivity (Wildman–Crippen MR) is 82.2 cm³/mol. The van der Waals surface area contributed by atoms with Gasteiger partial charge in [0.2, 0.25) is 0 Å². The van der Waals surface area contributed by atoms with Gasteiger partial charge in [-0.15, -0.1) is 0 Å². The molecule has 124 valence electrons. The van der Waals surface area contributed by atoms with E-state index >= 15 is 0 Å². The molecule has 0 saturated carbocycles. The zero-order valence-corrected chi connectivity index (χ0v) is 12.6. The van der Waals surface area contributed by atoms with Crippen LogP contribution in [0.1, 0.15) is 19.3 Å². The van der Waals surface area contributed by atoms with Gasteiger partial charge in [0.1, 0.15) is 0 Å². The number of likely N-dealkylation sites (tertiary alicyclic amines) is 1. The van der Waals surface area contributed by atoms with Crippen molar-refractivity contribution < 1.29 is 19.4 Å². The molecule has 0 aromatic carbocycles. The number of pyridine rings is 1. The summed E-state index contributed by atoms with van der Waals surface area (Å²) in [6, 6.07) is 3.00. The molecule has 0 amide bonds. The molecule has 1 saturated heterocycles. The number of carbonyl (C=O) groups is 1. The van der Waals surface area contributed by atoms with Crippen LogP contribution in [-0.4, -0.2) is 59.4 Å². The average molecular weight is 313 g/mol. The molecule has 1 fully saturated rings. The second-order valence-electron chi connectivity index (χ2n) is 5.21. The second kappa shape index (κ2) is 10.9. The lowest BCUT2D eigenvalue weighted by atomic mass is 9.99. The van der Waals surface area contributed by atoms with Crippen LogP contribution in [0.15, 0.2) is 18.3 Å². The molecule has 22 heavy (non-hydrogen) atoms. The van der Waals surface area contributed by atoms with E-state index in [-0.39, 0.29) is 18.9 Å². The largest absolute Gasteiger partial charge is 0.483 e. The number of nitrogens with one attached hydrogen (secondary N) is 1. The molecule has 2 rings (SSSR count). The molecule has 0 radical (unpaired) electrons. The fourth-order valence-corrected chi connectivity index (χ4v) is 2.53. The zero-order valence-electron chi connectivity index (χ0n) is 12.6. The van der Waals surface area contributed by atoms with Gasteiger partial charge in [0, 0.05) is 25.9 Å². The first kappa shape index (κ1) is 18.3. The number of anilines is 1. The quantitative estimate of drug-likeness (QED) is 0.544. The van der Waals surface area contributed by atoms with Crippen molar-refractivity contribution in [3.8, 4) is 0 Å². The van der Waals surface area contributed by atoms with Crippen LogP contribution in [0.4, 0.5) is 10.2 Å². The molecule has 0 aliphatic carbocycles. The molecule has 3 N–H and O–H groups in total. The Balaban J connectivity index is 0.000000745. The van der Waals surface area contributed by atoms with Gasteiger partial charge >= 0.3 is 0 Å². The Labute approximate surface area is 130 Å². The monoisotopic (exact) mass is 313 g/mol. The highest BCUT2D eigenvalue weighted by Gasteiger charge is 2.18. The van der Waals surface area contributed by atoms with E-state index in [2.05, 4.69) is 15.2 Å². The summed E-state index contributed by atoms with van der Waals surface area (Å²) in [4.78, 5) is 14.7. The number of halogens is 1. The number of carboxylic acid groups (broad SMARTS) is 1. The first-order chi connectivity index (χ1) is 10.7. The summed E-state index contributed by atoms with van der Waals surface area (Å²) >= 11 is 0. The van der Waals surface area contributed by atoms with E-state index in [1.165, 1.54) is 6.07 Å². The van der Waals surface area contributed by atoms with Gasteiger partial charge in [-0.2, -0.15) is 0 Å². The maximum absolute atomic E-state index is 13.3. The molecule has 2 heterocycles. The van der Waals surface area contributed by atoms with Crippen LogP contribution in [-0.2, 0) is 4.79 Å². The van der Waals surface area contributed by atoms with E-state index < -0.39 is 0 Å². The third kappa shape index (κ3) is 6.82. The fraction of sp³-hybridized carbons (Fsp3) is 0.600. The Bertz CT molecular complexity index is 434. The van der Waals surface area contributed by atoms with Crippen molar-refractivity contribution in [2.75, 3.05) is 38.1 Å². The molecular formula is C15H24FN3O3. The van der Waals surface area contributed by atoms with Gasteiger partial charge in [-0.3, -0.25) is 4.79 Å². The zero-order chi connectivity index (χ0) is 16.2. The van der Waals surface area contributed by atoms with Gasteiger partial charge in [-0.25, -0.2) is 9.37 Å². The van der Waals surface area contributed by atoms with Crippen molar-refractivity contribution in [2.24, 2.45) is 5.92 Å². The van der Waals surface area contributed by atoms with Crippen LogP contribution >= 0.6 is 0 Å². The summed E-state index contributed by atoms with van der Waals surface area (Å²) in [7, 11) is 0. The van der Waals surface area contributed by atoms with Gasteiger partial charge in [0.05, 0.1) is 0 Å². The molecule has 0 spiro atoms. The number of hydrogen-bond acceptors (Lipinski definition) is 5. The van der Waals surface area contributed by atoms with Crippen molar-refractivity contribution >= 4 is 12.3 Å². The molecule has 1 aliphatic heterocycles. The molecule has 6 nitrogen and oxygen atoms in total. The maximum Gasteiger partial charge on any atom is 0.290 e. The number of nitrogens with zero attached hydrogens (tertiary/aromatic N) is 2. The van der Waals surface area contributed by atoms with Gasteiger partial charge in [-0.05, 0) is 50.4 Å². The standard InChI is InChI=1S/C14H22FN3O.CH2O2/c15-13-5-1-6-16-14(13)17-7-3-9-18-8-2-4-12(10-18)11-19;2-1-3/h1,5-6,12,19H,2-4,7-11H2,(H,16,17);1H,(H,2,3). The maximum atomic E-state index is 13.3. The molecule has 7 heteroatoms. The van der Waals surface area contributed by atoms with Gasteiger partial charge in [-0.1, -0.05) is 0 Å². The minimum atomic E-state index is -0.305. The highest BCUT2D eigenvalue weighted by Crippen LogP contribution is 2.15. The summed E-state index contributed by atoms with van der Waals surface area (Å²) in [5.74, 6) is 0.449. The lowest BCUT2D eigenvalue weighted by Crippen LogP contribution is -2.37. The number of aliphatic hydroxyl groups excluding tert-OH is 1. The van der Waals surface area contributed by atoms with Crippen LogP contribution in [0.2, 0.25) is 0 Å². The smallest absolute Gasteiger partial charge is 0.290 e. The van der Waals surface area contributed by atoms with Gasteiger partial charge < -0.3 is 20.4 Å². The fourth-order valence-electron chi connectivity index (χ4n) is 2.53. The number of rotatable bonds is 6. The Morgan fingerprint density at radius 3 is 3.00 bits per heavy atom. The molecular weight excluding hydrogens is 289 g/mol. The molecule has 1 atom stereocenters. The predicted octanol–water partition coefficient (Wildman–Crippen LogP) is 1.43. The summed E-state index contributed by atoms with van der Waals surface area (Å²) in [5.41, 5.74) is 0. The van der Waals surface area contributed by atoms with Crippen molar-refractivity contribution in [2.45, 2.75) is 19.3 Å². The minimum Gasteiger partial charge on any atom is -0.483 e. The number of aliphatic hydroxyl groups is 1. The number of hydrogen-bond donors (Lipinski definition) is 3. The lowest BCUT2D eigenvalue weighted by Gasteiger charge is -2.31. The van der Waals surface area contributed by atoms with Gasteiger partial charge in [0.25, 0.3) is 6.47 Å². The second-order valence-corrected chi connectivity index (χ2v) is 5.21. The average Bonchev–Trinajstić information content (AvgIpc) is 2.54. The van der Waals surface area contributed by atoms with Crippen LogP contribution in [0.3, 0.4) is 0 Å². The SMILES string of the molecule is O=CO.OCC1CCCN(CCCNc2ncccc2F)C1. The topological polar surface area (TPSA) is 85.7 Å². The molecule has 1 unspecified atom stereocenters. The Morgan fingerprint density at radius 2 is 2.32 bits per heavy atom. The van der Waals surface area contributed by atoms with E-state index in [9.17, 15) is 9.50 Å². The molecule has 1 aromatic heterocycles. The molecule has 1 aromatic rings. The summed E-state index contributed by atoms with van der Waals surface area (Å²) in [6.07, 6.45) is 4.83. The Kier molecular flexibility index (Phi) is 9.09. The summed E-state index contributed by atoms with van der Waals surface area (Å²) in [6.45, 7) is 3.82. The van der Waals surface area contributed by atoms with Crippen molar-refractivity contribution in [1.29, 1.82) is 0 Å². The van der Waals surface area contributed by atoms with Crippen LogP contribution in [0.25, 0.3) is 0 Å². The Hall–Kier alpha value is -1.73. The molecule has 1 aliphatic rings. The first-order valence-electron chi connectivity index (χ1n) is 7.46. The normalized spacial score (nSPS) is 18.2. The van der Waals surface area contributed by atoms with Crippen LogP contribution in [0.5, 0.6) is 0 Å². The molecule has 0 bridgehead atoms. The van der Waals surface area contributed by atoms with Crippen LogP contribution < -0.4 is 5.32 Å². The van der Waals surface area contributed by atoms with Crippen molar-refractivity contribution in [1.82, 2.24) is 9.88 Å². The highest BCUT2D eigenvalue weighted by molar-refractivity contribution is 5.35. The third-order valence-electron chi connectivity index (χ3n) is 3.56. The third-order valence-corrected chi connectivity index (χ3v) is 3.56. The Morgan fingerprint density at radius 1 is 1.55 bits per heavy atom. The van der Waals surface area contributed by atoms with E-state index in [0.717, 1.165) is 38.9 Å². The van der Waals surface area contributed by atoms with E-state index in [4.69, 9.17) is 9.90 Å². The minimum absolute atomic E-state index is 0.250. The summed E-state index contributed by atoms with van der Waals surface area (Å²) < 4.78 is 13.3. The van der Waals surface area contributed by atoms with Crippen molar-refractivity contribution in [3.63, 3.8) is 0 Å². The lowest BCUT2D eigenvalue weighted by molar-refractivity contribution is -0.122. The number of piperidine rings is 1. The highest BCUT2D eigenvalue weighted by atomic mass is 19.1. The van der Waals surface area contributed by atoms with E-state index in [1.807, 2.05) is 0 Å². The van der Waals surface area contributed by atoms with Gasteiger partial charge in [0.15, 0.2) is 11.6 Å². The van der Waals surface area contributed by atoms with E-state index in [1.54, 1.807) is 12.3 Å². The number of aromatic nitrogens is 1. The summed E-state index contributed by atoms with van der Waals surface area (Å²) in [5, 5.41) is 19.1. The van der Waals surface area contributed by atoms with Crippen molar-refractivity contribution in [3.05, 3.63) is 24.1 Å². The first-order valence-corrected chi connectivity index (χ1v) is 7.46.